The summed E-state index contributed by atoms with van der Waals surface area (Å²) in [6.07, 6.45) is 1.85. The fourth-order valence-electron chi connectivity index (χ4n) is 5.00. The van der Waals surface area contributed by atoms with E-state index in [1.807, 2.05) is 20.8 Å². The second-order valence-corrected chi connectivity index (χ2v) is 8.61. The number of carbonyl (C=O) groups excluding carboxylic acids is 2. The van der Waals surface area contributed by atoms with Crippen LogP contribution in [0.2, 0.25) is 0 Å². The molecule has 0 N–H and O–H groups in total. The maximum atomic E-state index is 13.4. The van der Waals surface area contributed by atoms with Crippen molar-refractivity contribution in [1.29, 1.82) is 0 Å². The highest BCUT2D eigenvalue weighted by molar-refractivity contribution is 6.07. The highest BCUT2D eigenvalue weighted by Crippen LogP contribution is 2.61. The van der Waals surface area contributed by atoms with Crippen molar-refractivity contribution in [3.63, 3.8) is 0 Å². The van der Waals surface area contributed by atoms with Crippen molar-refractivity contribution in [2.45, 2.75) is 57.3 Å². The van der Waals surface area contributed by atoms with Gasteiger partial charge in [-0.2, -0.15) is 0 Å². The predicted molar refractivity (Wildman–Crippen MR) is 90.1 cm³/mol. The average Bonchev–Trinajstić information content (AvgIpc) is 3.22. The molecule has 2 bridgehead atoms. The van der Waals surface area contributed by atoms with Gasteiger partial charge in [0.25, 0.3) is 0 Å². The minimum absolute atomic E-state index is 0.0318. The smallest absolute Gasteiger partial charge is 0.312 e. The first-order chi connectivity index (χ1) is 12.3. The molecule has 1 aliphatic carbocycles. The number of ether oxygens (including phenoxy) is 4. The quantitative estimate of drug-likeness (QED) is 0.718. The molecule has 1 saturated carbocycles. The number of hydrogen-bond acceptors (Lipinski definition) is 6. The van der Waals surface area contributed by atoms with Crippen LogP contribution in [-0.4, -0.2) is 29.7 Å². The summed E-state index contributed by atoms with van der Waals surface area (Å²) in [5.74, 6) is 0.251. The molecule has 3 aliphatic heterocycles. The molecule has 4 atom stereocenters. The van der Waals surface area contributed by atoms with E-state index < -0.39 is 23.2 Å². The molecule has 6 heteroatoms. The zero-order chi connectivity index (χ0) is 18.3. The zero-order valence-corrected chi connectivity index (χ0v) is 15.2. The van der Waals surface area contributed by atoms with Gasteiger partial charge in [0.1, 0.15) is 11.2 Å². The minimum Gasteiger partial charge on any atom is -0.460 e. The molecule has 3 heterocycles. The number of ketones is 1. The SMILES string of the molecule is CC(C)(C)OC(=O)C1[C@@H]2O[C@@]3(CCC[C@H]13)C(=O)c1cc3c(cc12)OCO3. The van der Waals surface area contributed by atoms with Gasteiger partial charge in [-0.3, -0.25) is 9.59 Å². The standard InChI is InChI=1S/C20H22O6/c1-19(2,3)26-18(22)15-12-5-4-6-20(12)17(21)11-8-14-13(23-9-24-14)7-10(11)16(15)25-20/h7-8,12,15-16H,4-6,9H2,1-3H3/t12-,15?,16-,20-/m1/s1. The van der Waals surface area contributed by atoms with Gasteiger partial charge >= 0.3 is 5.97 Å². The van der Waals surface area contributed by atoms with Crippen LogP contribution in [0.3, 0.4) is 0 Å². The third kappa shape index (κ3) is 2.02. The molecule has 2 fully saturated rings. The highest BCUT2D eigenvalue weighted by Gasteiger charge is 2.67. The van der Waals surface area contributed by atoms with Crippen molar-refractivity contribution < 1.29 is 28.5 Å². The maximum absolute atomic E-state index is 13.4. The summed E-state index contributed by atoms with van der Waals surface area (Å²) in [6, 6.07) is 3.55. The van der Waals surface area contributed by atoms with E-state index in [-0.39, 0.29) is 24.5 Å². The Morgan fingerprint density at radius 3 is 2.69 bits per heavy atom. The lowest BCUT2D eigenvalue weighted by atomic mass is 9.80. The third-order valence-electron chi connectivity index (χ3n) is 5.92. The molecular weight excluding hydrogens is 336 g/mol. The lowest BCUT2D eigenvalue weighted by Crippen LogP contribution is -2.43. The summed E-state index contributed by atoms with van der Waals surface area (Å²) in [5.41, 5.74) is -0.160. The van der Waals surface area contributed by atoms with Gasteiger partial charge in [0.05, 0.1) is 12.0 Å². The van der Waals surface area contributed by atoms with Crippen LogP contribution in [0.15, 0.2) is 12.1 Å². The van der Waals surface area contributed by atoms with Crippen LogP contribution in [0, 0.1) is 11.8 Å². The van der Waals surface area contributed by atoms with Crippen molar-refractivity contribution in [3.05, 3.63) is 23.3 Å². The molecule has 5 rings (SSSR count). The fourth-order valence-corrected chi connectivity index (χ4v) is 5.00. The average molecular weight is 358 g/mol. The monoisotopic (exact) mass is 358 g/mol. The van der Waals surface area contributed by atoms with E-state index in [4.69, 9.17) is 18.9 Å². The first-order valence-corrected chi connectivity index (χ1v) is 9.19. The largest absolute Gasteiger partial charge is 0.460 e. The predicted octanol–water partition coefficient (Wildman–Crippen LogP) is 3.18. The number of fused-ring (bicyclic) bond motifs is 4. The molecule has 1 spiro atoms. The van der Waals surface area contributed by atoms with Crippen LogP contribution in [0.25, 0.3) is 0 Å². The Morgan fingerprint density at radius 1 is 1.23 bits per heavy atom. The zero-order valence-electron chi connectivity index (χ0n) is 15.2. The Hall–Kier alpha value is -2.08. The number of hydrogen-bond donors (Lipinski definition) is 0. The van der Waals surface area contributed by atoms with Gasteiger partial charge in [-0.25, -0.2) is 0 Å². The summed E-state index contributed by atoms with van der Waals surface area (Å²) < 4.78 is 22.9. The van der Waals surface area contributed by atoms with Crippen molar-refractivity contribution in [2.24, 2.45) is 11.8 Å². The molecule has 4 aliphatic rings. The number of benzene rings is 1. The van der Waals surface area contributed by atoms with E-state index in [1.54, 1.807) is 12.1 Å². The first-order valence-electron chi connectivity index (χ1n) is 9.19. The Bertz CT molecular complexity index is 822. The Kier molecular flexibility index (Phi) is 3.10. The van der Waals surface area contributed by atoms with Gasteiger partial charge in [0.15, 0.2) is 17.3 Å². The van der Waals surface area contributed by atoms with Gasteiger partial charge in [0.2, 0.25) is 6.79 Å². The minimum atomic E-state index is -0.896. The van der Waals surface area contributed by atoms with E-state index in [1.165, 1.54) is 0 Å². The van der Waals surface area contributed by atoms with Crippen LogP contribution in [-0.2, 0) is 14.3 Å². The molecule has 6 nitrogen and oxygen atoms in total. The van der Waals surface area contributed by atoms with Gasteiger partial charge in [-0.05, 0) is 57.7 Å². The van der Waals surface area contributed by atoms with Gasteiger partial charge in [-0.15, -0.1) is 0 Å². The van der Waals surface area contributed by atoms with Gasteiger partial charge < -0.3 is 18.9 Å². The molecular formula is C20H22O6. The number of Topliss-reactive ketones (excluding diaryl/α,β-unsaturated/α-hetero) is 1. The molecule has 1 saturated heterocycles. The van der Waals surface area contributed by atoms with Crippen LogP contribution in [0.1, 0.15) is 62.1 Å². The molecule has 1 aromatic rings. The second-order valence-electron chi connectivity index (χ2n) is 8.61. The van der Waals surface area contributed by atoms with E-state index in [0.717, 1.165) is 18.4 Å². The molecule has 1 unspecified atom stereocenters. The van der Waals surface area contributed by atoms with E-state index >= 15 is 0 Å². The van der Waals surface area contributed by atoms with Crippen LogP contribution in [0.4, 0.5) is 0 Å². The van der Waals surface area contributed by atoms with Crippen molar-refractivity contribution in [3.8, 4) is 11.5 Å². The molecule has 0 radical (unpaired) electrons. The highest BCUT2D eigenvalue weighted by atomic mass is 16.7. The van der Waals surface area contributed by atoms with Gasteiger partial charge in [-0.1, -0.05) is 0 Å². The summed E-state index contributed by atoms with van der Waals surface area (Å²) in [7, 11) is 0. The fraction of sp³-hybridized carbons (Fsp3) is 0.600. The van der Waals surface area contributed by atoms with Crippen molar-refractivity contribution >= 4 is 11.8 Å². The van der Waals surface area contributed by atoms with Crippen molar-refractivity contribution in [2.75, 3.05) is 6.79 Å². The number of carbonyl (C=O) groups is 2. The Labute approximate surface area is 151 Å². The van der Waals surface area contributed by atoms with Crippen LogP contribution < -0.4 is 9.47 Å². The lowest BCUT2D eigenvalue weighted by molar-refractivity contribution is -0.163. The van der Waals surface area contributed by atoms with Crippen molar-refractivity contribution in [1.82, 2.24) is 0 Å². The molecule has 26 heavy (non-hydrogen) atoms. The Morgan fingerprint density at radius 2 is 1.96 bits per heavy atom. The molecule has 0 aromatic heterocycles. The maximum Gasteiger partial charge on any atom is 0.312 e. The number of rotatable bonds is 1. The summed E-state index contributed by atoms with van der Waals surface area (Å²) in [4.78, 5) is 26.4. The van der Waals surface area contributed by atoms with E-state index in [9.17, 15) is 9.59 Å². The van der Waals surface area contributed by atoms with Crippen LogP contribution in [0.5, 0.6) is 11.5 Å². The molecule has 0 amide bonds. The van der Waals surface area contributed by atoms with E-state index in [2.05, 4.69) is 0 Å². The Balaban J connectivity index is 1.63. The summed E-state index contributed by atoms with van der Waals surface area (Å²) >= 11 is 0. The third-order valence-corrected chi connectivity index (χ3v) is 5.92. The molecule has 1 aromatic carbocycles. The second kappa shape index (κ2) is 5.00. The first kappa shape index (κ1) is 16.1. The molecule has 138 valence electrons. The van der Waals surface area contributed by atoms with E-state index in [0.29, 0.717) is 23.5 Å². The lowest BCUT2D eigenvalue weighted by Gasteiger charge is -2.32. The normalized spacial score (nSPS) is 33.8. The van der Waals surface area contributed by atoms with Crippen LogP contribution >= 0.6 is 0 Å². The summed E-state index contributed by atoms with van der Waals surface area (Å²) in [6.45, 7) is 5.71. The summed E-state index contributed by atoms with van der Waals surface area (Å²) in [5, 5.41) is 0. The number of esters is 1. The topological polar surface area (TPSA) is 71.1 Å². The van der Waals surface area contributed by atoms with Gasteiger partial charge in [0, 0.05) is 11.5 Å².